The maximum atomic E-state index is 11.9. The molecule has 0 fully saturated rings. The standard InChI is InChI=1S/C14H14N2OS/c1-2-3-4-11-5-7-12(8-6-11)14(17)16-13-9-15-10-18-13/h2,5-10H,1,3-4H2,(H,16,17). The van der Waals surface area contributed by atoms with E-state index in [9.17, 15) is 4.79 Å². The maximum absolute atomic E-state index is 11.9. The fourth-order valence-corrected chi connectivity index (χ4v) is 2.06. The van der Waals surface area contributed by atoms with E-state index in [0.29, 0.717) is 5.56 Å². The molecule has 0 spiro atoms. The Morgan fingerprint density at radius 2 is 2.17 bits per heavy atom. The summed E-state index contributed by atoms with van der Waals surface area (Å²) in [5.41, 5.74) is 3.56. The average molecular weight is 258 g/mol. The van der Waals surface area contributed by atoms with Gasteiger partial charge in [0.2, 0.25) is 0 Å². The number of nitrogens with zero attached hydrogens (tertiary/aromatic N) is 1. The van der Waals surface area contributed by atoms with E-state index in [2.05, 4.69) is 16.9 Å². The van der Waals surface area contributed by atoms with Gasteiger partial charge in [-0.25, -0.2) is 0 Å². The Morgan fingerprint density at radius 3 is 2.78 bits per heavy atom. The monoisotopic (exact) mass is 258 g/mol. The number of thiazole rings is 1. The second-order valence-corrected chi connectivity index (χ2v) is 4.73. The highest BCUT2D eigenvalue weighted by Gasteiger charge is 2.06. The van der Waals surface area contributed by atoms with Crippen LogP contribution in [0.25, 0.3) is 0 Å². The zero-order valence-corrected chi connectivity index (χ0v) is 10.7. The minimum absolute atomic E-state index is 0.102. The van der Waals surface area contributed by atoms with E-state index < -0.39 is 0 Å². The number of carbonyl (C=O) groups excluding carboxylic acids is 1. The summed E-state index contributed by atoms with van der Waals surface area (Å²) in [6.07, 6.45) is 5.44. The normalized spacial score (nSPS) is 10.0. The Hall–Kier alpha value is -1.94. The van der Waals surface area contributed by atoms with Gasteiger partial charge in [0.05, 0.1) is 11.7 Å². The van der Waals surface area contributed by atoms with Crippen LogP contribution in [0.1, 0.15) is 22.3 Å². The number of amides is 1. The second kappa shape index (κ2) is 6.12. The Labute approximate surface area is 110 Å². The summed E-state index contributed by atoms with van der Waals surface area (Å²) in [6.45, 7) is 3.69. The van der Waals surface area contributed by atoms with Crippen LogP contribution in [0, 0.1) is 0 Å². The van der Waals surface area contributed by atoms with Crippen molar-refractivity contribution in [3.05, 3.63) is 59.8 Å². The van der Waals surface area contributed by atoms with Crippen molar-refractivity contribution >= 4 is 22.2 Å². The largest absolute Gasteiger partial charge is 0.312 e. The lowest BCUT2D eigenvalue weighted by Gasteiger charge is -2.03. The lowest BCUT2D eigenvalue weighted by atomic mass is 10.1. The van der Waals surface area contributed by atoms with Gasteiger partial charge in [-0.05, 0) is 30.5 Å². The van der Waals surface area contributed by atoms with Crippen molar-refractivity contribution < 1.29 is 4.79 Å². The third kappa shape index (κ3) is 3.28. The molecule has 0 bridgehead atoms. The lowest BCUT2D eigenvalue weighted by Crippen LogP contribution is -2.10. The molecule has 0 aliphatic carbocycles. The van der Waals surface area contributed by atoms with Crippen molar-refractivity contribution in [1.82, 2.24) is 4.98 Å². The van der Waals surface area contributed by atoms with E-state index in [4.69, 9.17) is 0 Å². The lowest BCUT2D eigenvalue weighted by molar-refractivity contribution is 0.102. The van der Waals surface area contributed by atoms with Crippen LogP contribution >= 0.6 is 11.3 Å². The Morgan fingerprint density at radius 1 is 1.39 bits per heavy atom. The molecule has 0 radical (unpaired) electrons. The number of hydrogen-bond acceptors (Lipinski definition) is 3. The van der Waals surface area contributed by atoms with Gasteiger partial charge in [0.25, 0.3) is 5.91 Å². The van der Waals surface area contributed by atoms with Crippen molar-refractivity contribution in [2.75, 3.05) is 5.32 Å². The molecule has 2 rings (SSSR count). The van der Waals surface area contributed by atoms with Gasteiger partial charge < -0.3 is 5.32 Å². The highest BCUT2D eigenvalue weighted by Crippen LogP contribution is 2.14. The summed E-state index contributed by atoms with van der Waals surface area (Å²) in [5.74, 6) is -0.102. The van der Waals surface area contributed by atoms with Crippen molar-refractivity contribution in [2.45, 2.75) is 12.8 Å². The number of aromatic nitrogens is 1. The number of anilines is 1. The maximum Gasteiger partial charge on any atom is 0.256 e. The Kier molecular flexibility index (Phi) is 4.25. The summed E-state index contributed by atoms with van der Waals surface area (Å²) >= 11 is 1.41. The smallest absolute Gasteiger partial charge is 0.256 e. The molecule has 0 aliphatic heterocycles. The highest BCUT2D eigenvalue weighted by atomic mass is 32.1. The average Bonchev–Trinajstić information content (AvgIpc) is 2.89. The van der Waals surface area contributed by atoms with Crippen LogP contribution in [-0.4, -0.2) is 10.9 Å². The molecule has 0 atom stereocenters. The minimum Gasteiger partial charge on any atom is -0.312 e. The molecule has 92 valence electrons. The molecule has 4 heteroatoms. The Bertz CT molecular complexity index is 517. The van der Waals surface area contributed by atoms with Crippen LogP contribution in [0.2, 0.25) is 0 Å². The van der Waals surface area contributed by atoms with Gasteiger partial charge in [-0.2, -0.15) is 0 Å². The fourth-order valence-electron chi connectivity index (χ4n) is 1.55. The van der Waals surface area contributed by atoms with E-state index in [0.717, 1.165) is 17.8 Å². The summed E-state index contributed by atoms with van der Waals surface area (Å²) in [4.78, 5) is 15.8. The Balaban J connectivity index is 2.00. The summed E-state index contributed by atoms with van der Waals surface area (Å²) in [5, 5.41) is 3.56. The summed E-state index contributed by atoms with van der Waals surface area (Å²) < 4.78 is 0. The van der Waals surface area contributed by atoms with Crippen LogP contribution in [0.3, 0.4) is 0 Å². The molecule has 18 heavy (non-hydrogen) atoms. The van der Waals surface area contributed by atoms with E-state index in [1.807, 2.05) is 30.3 Å². The number of carbonyl (C=O) groups is 1. The van der Waals surface area contributed by atoms with Crippen molar-refractivity contribution in [3.8, 4) is 0 Å². The molecule has 1 aromatic heterocycles. The van der Waals surface area contributed by atoms with Crippen molar-refractivity contribution in [3.63, 3.8) is 0 Å². The van der Waals surface area contributed by atoms with Crippen molar-refractivity contribution in [1.29, 1.82) is 0 Å². The second-order valence-electron chi connectivity index (χ2n) is 3.84. The number of aryl methyl sites for hydroxylation is 1. The zero-order chi connectivity index (χ0) is 12.8. The van der Waals surface area contributed by atoms with Crippen LogP contribution in [0.4, 0.5) is 5.00 Å². The molecule has 0 unspecified atom stereocenters. The number of benzene rings is 1. The van der Waals surface area contributed by atoms with Gasteiger partial charge >= 0.3 is 0 Å². The molecule has 1 amide bonds. The van der Waals surface area contributed by atoms with Gasteiger partial charge in [-0.1, -0.05) is 18.2 Å². The highest BCUT2D eigenvalue weighted by molar-refractivity contribution is 7.14. The van der Waals surface area contributed by atoms with Crippen LogP contribution in [0.5, 0.6) is 0 Å². The molecular formula is C14H14N2OS. The third-order valence-corrected chi connectivity index (χ3v) is 3.21. The molecule has 0 saturated heterocycles. The van der Waals surface area contributed by atoms with Crippen LogP contribution in [-0.2, 0) is 6.42 Å². The molecule has 2 aromatic rings. The van der Waals surface area contributed by atoms with Gasteiger partial charge in [-0.3, -0.25) is 9.78 Å². The number of hydrogen-bond donors (Lipinski definition) is 1. The summed E-state index contributed by atoms with van der Waals surface area (Å²) in [6, 6.07) is 7.64. The number of nitrogens with one attached hydrogen (secondary N) is 1. The molecule has 0 saturated carbocycles. The van der Waals surface area contributed by atoms with Gasteiger partial charge in [0, 0.05) is 5.56 Å². The van der Waals surface area contributed by atoms with E-state index in [1.54, 1.807) is 11.7 Å². The molecule has 1 heterocycles. The first-order valence-corrected chi connectivity index (χ1v) is 6.57. The van der Waals surface area contributed by atoms with Gasteiger partial charge in [-0.15, -0.1) is 17.9 Å². The predicted molar refractivity (Wildman–Crippen MR) is 75.0 cm³/mol. The van der Waals surface area contributed by atoms with Crippen LogP contribution in [0.15, 0.2) is 48.6 Å². The van der Waals surface area contributed by atoms with Gasteiger partial charge in [0.15, 0.2) is 0 Å². The fraction of sp³-hybridized carbons (Fsp3) is 0.143. The molecular weight excluding hydrogens is 244 g/mol. The molecule has 1 N–H and O–H groups in total. The topological polar surface area (TPSA) is 42.0 Å². The van der Waals surface area contributed by atoms with E-state index >= 15 is 0 Å². The summed E-state index contributed by atoms with van der Waals surface area (Å²) in [7, 11) is 0. The number of rotatable bonds is 5. The molecule has 3 nitrogen and oxygen atoms in total. The molecule has 1 aromatic carbocycles. The number of allylic oxidation sites excluding steroid dienone is 1. The third-order valence-electron chi connectivity index (χ3n) is 2.52. The first-order chi connectivity index (χ1) is 8.79. The predicted octanol–water partition coefficient (Wildman–Crippen LogP) is 3.51. The quantitative estimate of drug-likeness (QED) is 0.834. The molecule has 0 aliphatic rings. The zero-order valence-electron chi connectivity index (χ0n) is 9.93. The van der Waals surface area contributed by atoms with E-state index in [1.165, 1.54) is 16.9 Å². The first kappa shape index (κ1) is 12.5. The van der Waals surface area contributed by atoms with Crippen molar-refractivity contribution in [2.24, 2.45) is 0 Å². The minimum atomic E-state index is -0.102. The van der Waals surface area contributed by atoms with Gasteiger partial charge in [0.1, 0.15) is 5.00 Å². The SMILES string of the molecule is C=CCCc1ccc(C(=O)Nc2cncs2)cc1. The van der Waals surface area contributed by atoms with Crippen LogP contribution < -0.4 is 5.32 Å². The van der Waals surface area contributed by atoms with E-state index in [-0.39, 0.29) is 5.91 Å². The first-order valence-electron chi connectivity index (χ1n) is 5.69.